The maximum Gasteiger partial charge on any atom is 0.260 e. The summed E-state index contributed by atoms with van der Waals surface area (Å²) >= 11 is 2.97. The summed E-state index contributed by atoms with van der Waals surface area (Å²) < 4.78 is 28.1. The molecule has 0 aliphatic carbocycles. The molecule has 4 nitrogen and oxygen atoms in total. The Morgan fingerprint density at radius 3 is 2.29 bits per heavy atom. The third-order valence-electron chi connectivity index (χ3n) is 3.67. The van der Waals surface area contributed by atoms with Crippen LogP contribution in [0, 0.1) is 11.6 Å². The topological polar surface area (TPSA) is 40.6 Å². The van der Waals surface area contributed by atoms with Gasteiger partial charge in [-0.1, -0.05) is 15.9 Å². The van der Waals surface area contributed by atoms with Crippen LogP contribution < -0.4 is 0 Å². The first kappa shape index (κ1) is 15.9. The van der Waals surface area contributed by atoms with Crippen LogP contribution in [0.2, 0.25) is 0 Å². The first-order valence-corrected chi connectivity index (χ1v) is 7.17. The molecule has 21 heavy (non-hydrogen) atoms. The van der Waals surface area contributed by atoms with Crippen LogP contribution in [-0.4, -0.2) is 47.3 Å². The van der Waals surface area contributed by atoms with Gasteiger partial charge >= 0.3 is 0 Å². The molecule has 0 atom stereocenters. The molecule has 0 saturated carbocycles. The molecule has 1 saturated heterocycles. The zero-order valence-electron chi connectivity index (χ0n) is 11.9. The van der Waals surface area contributed by atoms with E-state index in [1.807, 2.05) is 0 Å². The molecule has 114 valence electrons. The maximum absolute atomic E-state index is 13.9. The van der Waals surface area contributed by atoms with E-state index < -0.39 is 28.6 Å². The Labute approximate surface area is 129 Å². The van der Waals surface area contributed by atoms with Crippen LogP contribution in [0.3, 0.4) is 0 Å². The summed E-state index contributed by atoms with van der Waals surface area (Å²) in [5, 5.41) is 0. The Bertz CT molecular complexity index is 596. The number of nitrogens with zero attached hydrogens (tertiary/aromatic N) is 2. The molecule has 1 aromatic carbocycles. The van der Waals surface area contributed by atoms with E-state index in [1.165, 1.54) is 9.80 Å². The third kappa shape index (κ3) is 2.66. The van der Waals surface area contributed by atoms with E-state index in [-0.39, 0.29) is 16.9 Å². The Morgan fingerprint density at radius 1 is 1.24 bits per heavy atom. The van der Waals surface area contributed by atoms with Gasteiger partial charge in [0.15, 0.2) is 0 Å². The molecule has 1 aliphatic rings. The van der Waals surface area contributed by atoms with Crippen molar-refractivity contribution < 1.29 is 18.4 Å². The van der Waals surface area contributed by atoms with E-state index in [0.29, 0.717) is 6.54 Å². The molecule has 1 heterocycles. The summed E-state index contributed by atoms with van der Waals surface area (Å²) in [6.07, 6.45) is 0. The van der Waals surface area contributed by atoms with E-state index in [9.17, 15) is 18.4 Å². The summed E-state index contributed by atoms with van der Waals surface area (Å²) in [7, 11) is 1.63. The highest BCUT2D eigenvalue weighted by molar-refractivity contribution is 9.10. The van der Waals surface area contributed by atoms with Crippen LogP contribution in [0.5, 0.6) is 0 Å². The summed E-state index contributed by atoms with van der Waals surface area (Å²) in [4.78, 5) is 27.3. The normalized spacial score (nSPS) is 18.1. The molecule has 7 heteroatoms. The van der Waals surface area contributed by atoms with Crippen molar-refractivity contribution in [3.8, 4) is 0 Å². The van der Waals surface area contributed by atoms with Crippen LogP contribution >= 0.6 is 15.9 Å². The Kier molecular flexibility index (Phi) is 4.06. The average Bonchev–Trinajstić information content (AvgIpc) is 2.34. The fourth-order valence-corrected chi connectivity index (χ4v) is 2.85. The van der Waals surface area contributed by atoms with Gasteiger partial charge in [0.1, 0.15) is 22.7 Å². The minimum Gasteiger partial charge on any atom is -0.342 e. The zero-order valence-corrected chi connectivity index (χ0v) is 13.5. The predicted octanol–water partition coefficient (Wildman–Crippen LogP) is 2.42. The number of carbonyl (C=O) groups excluding carboxylic acids is 2. The van der Waals surface area contributed by atoms with Gasteiger partial charge in [0.25, 0.3) is 5.91 Å². The van der Waals surface area contributed by atoms with Crippen LogP contribution in [0.15, 0.2) is 16.6 Å². The second kappa shape index (κ2) is 5.36. The largest absolute Gasteiger partial charge is 0.342 e. The smallest absolute Gasteiger partial charge is 0.260 e. The number of benzene rings is 1. The lowest BCUT2D eigenvalue weighted by atomic mass is 9.96. The van der Waals surface area contributed by atoms with Gasteiger partial charge in [-0.15, -0.1) is 0 Å². The SMILES string of the molecule is CN1CCN(C(=O)c2c(F)cc(Br)cc2F)C(C)(C)C1=O. The Morgan fingerprint density at radius 2 is 1.76 bits per heavy atom. The first-order chi connectivity index (χ1) is 9.66. The molecule has 0 radical (unpaired) electrons. The number of hydrogen-bond acceptors (Lipinski definition) is 2. The lowest BCUT2D eigenvalue weighted by Gasteiger charge is -2.44. The highest BCUT2D eigenvalue weighted by Gasteiger charge is 2.44. The molecule has 0 aromatic heterocycles. The Balaban J connectivity index is 2.43. The number of amides is 2. The van der Waals surface area contributed by atoms with Gasteiger partial charge in [0.05, 0.1) is 0 Å². The summed E-state index contributed by atoms with van der Waals surface area (Å²) in [5.74, 6) is -2.98. The standard InChI is InChI=1S/C14H15BrF2N2O2/c1-14(2)13(21)18(3)4-5-19(14)12(20)11-9(16)6-8(15)7-10(11)17/h6-7H,4-5H2,1-3H3. The van der Waals surface area contributed by atoms with E-state index in [1.54, 1.807) is 20.9 Å². The van der Waals surface area contributed by atoms with Crippen LogP contribution in [0.1, 0.15) is 24.2 Å². The van der Waals surface area contributed by atoms with Crippen molar-refractivity contribution in [1.29, 1.82) is 0 Å². The van der Waals surface area contributed by atoms with E-state index in [4.69, 9.17) is 0 Å². The van der Waals surface area contributed by atoms with Gasteiger partial charge in [-0.2, -0.15) is 0 Å². The van der Waals surface area contributed by atoms with Crippen LogP contribution in [0.4, 0.5) is 8.78 Å². The van der Waals surface area contributed by atoms with E-state index in [2.05, 4.69) is 15.9 Å². The number of likely N-dealkylation sites (N-methyl/N-ethyl adjacent to an activating group) is 1. The molecule has 1 aromatic rings. The lowest BCUT2D eigenvalue weighted by molar-refractivity contribution is -0.144. The van der Waals surface area contributed by atoms with Crippen molar-refractivity contribution in [1.82, 2.24) is 9.80 Å². The lowest BCUT2D eigenvalue weighted by Crippen LogP contribution is -2.63. The average molecular weight is 361 g/mol. The first-order valence-electron chi connectivity index (χ1n) is 6.38. The molecule has 0 spiro atoms. The quantitative estimate of drug-likeness (QED) is 0.771. The zero-order chi connectivity index (χ0) is 15.9. The van der Waals surface area contributed by atoms with Gasteiger partial charge in [-0.25, -0.2) is 8.78 Å². The monoisotopic (exact) mass is 360 g/mol. The summed E-state index contributed by atoms with van der Waals surface area (Å²) in [6, 6.07) is 2.06. The fraction of sp³-hybridized carbons (Fsp3) is 0.429. The van der Waals surface area contributed by atoms with Crippen LogP contribution in [0.25, 0.3) is 0 Å². The number of carbonyl (C=O) groups is 2. The molecule has 0 unspecified atom stereocenters. The third-order valence-corrected chi connectivity index (χ3v) is 4.13. The molecule has 1 fully saturated rings. The number of hydrogen-bond donors (Lipinski definition) is 0. The van der Waals surface area contributed by atoms with Crippen molar-refractivity contribution in [3.63, 3.8) is 0 Å². The maximum atomic E-state index is 13.9. The number of piperazine rings is 1. The van der Waals surface area contributed by atoms with Crippen molar-refractivity contribution in [3.05, 3.63) is 33.8 Å². The molecular formula is C14H15BrF2N2O2. The van der Waals surface area contributed by atoms with Crippen molar-refractivity contribution in [2.75, 3.05) is 20.1 Å². The van der Waals surface area contributed by atoms with Crippen LogP contribution in [-0.2, 0) is 4.79 Å². The van der Waals surface area contributed by atoms with Gasteiger partial charge in [-0.3, -0.25) is 9.59 Å². The summed E-state index contributed by atoms with van der Waals surface area (Å²) in [5.41, 5.74) is -1.78. The second-order valence-corrected chi connectivity index (χ2v) is 6.40. The highest BCUT2D eigenvalue weighted by Crippen LogP contribution is 2.27. The molecule has 2 amide bonds. The van der Waals surface area contributed by atoms with Crippen molar-refractivity contribution in [2.24, 2.45) is 0 Å². The van der Waals surface area contributed by atoms with Crippen molar-refractivity contribution >= 4 is 27.7 Å². The summed E-state index contributed by atoms with van der Waals surface area (Å²) in [6.45, 7) is 3.69. The molecule has 0 bridgehead atoms. The van der Waals surface area contributed by atoms with Crippen molar-refractivity contribution in [2.45, 2.75) is 19.4 Å². The Hall–Kier alpha value is -1.50. The molecule has 2 rings (SSSR count). The van der Waals surface area contributed by atoms with Gasteiger partial charge < -0.3 is 9.80 Å². The highest BCUT2D eigenvalue weighted by atomic mass is 79.9. The molecule has 1 aliphatic heterocycles. The number of rotatable bonds is 1. The predicted molar refractivity (Wildman–Crippen MR) is 76.8 cm³/mol. The van der Waals surface area contributed by atoms with Gasteiger partial charge in [0.2, 0.25) is 5.91 Å². The minimum atomic E-state index is -1.14. The minimum absolute atomic E-state index is 0.211. The van der Waals surface area contributed by atoms with Gasteiger partial charge in [0, 0.05) is 24.6 Å². The van der Waals surface area contributed by atoms with Gasteiger partial charge in [-0.05, 0) is 26.0 Å². The fourth-order valence-electron chi connectivity index (χ4n) is 2.45. The van der Waals surface area contributed by atoms with E-state index in [0.717, 1.165) is 12.1 Å². The molecular weight excluding hydrogens is 346 g/mol. The number of halogens is 3. The molecule has 0 N–H and O–H groups in total. The second-order valence-electron chi connectivity index (χ2n) is 5.49. The van der Waals surface area contributed by atoms with E-state index >= 15 is 0 Å².